The molecule has 1 aromatic carbocycles. The lowest BCUT2D eigenvalue weighted by molar-refractivity contribution is 0.0334. The van der Waals surface area contributed by atoms with Crippen LogP contribution >= 0.6 is 0 Å². The zero-order valence-corrected chi connectivity index (χ0v) is 12.0. The maximum atomic E-state index is 13.7. The Balaban J connectivity index is 2.91. The summed E-state index contributed by atoms with van der Waals surface area (Å²) in [7, 11) is 1.65. The summed E-state index contributed by atoms with van der Waals surface area (Å²) in [6, 6.07) is 4.26. The fourth-order valence-corrected chi connectivity index (χ4v) is 2.41. The standard InChI is InChI=1S/C15H23F2NO/c1-5-18-13(15(19-4)10(2)3)9-11-7-6-8-12(16)14(11)17/h6-8,10,13,15,18H,5,9H2,1-4H3. The molecule has 0 heterocycles. The molecule has 0 amide bonds. The highest BCUT2D eigenvalue weighted by atomic mass is 19.2. The normalized spacial score (nSPS) is 14.7. The van der Waals surface area contributed by atoms with Gasteiger partial charge in [0.1, 0.15) is 0 Å². The maximum absolute atomic E-state index is 13.7. The molecule has 2 atom stereocenters. The minimum atomic E-state index is -0.800. The van der Waals surface area contributed by atoms with Crippen molar-refractivity contribution in [3.63, 3.8) is 0 Å². The van der Waals surface area contributed by atoms with Gasteiger partial charge in [-0.2, -0.15) is 0 Å². The van der Waals surface area contributed by atoms with Gasteiger partial charge < -0.3 is 10.1 Å². The van der Waals surface area contributed by atoms with E-state index >= 15 is 0 Å². The van der Waals surface area contributed by atoms with Gasteiger partial charge in [0.05, 0.1) is 6.10 Å². The second-order valence-electron chi connectivity index (χ2n) is 5.03. The molecule has 0 bridgehead atoms. The van der Waals surface area contributed by atoms with Crippen LogP contribution in [0.25, 0.3) is 0 Å². The van der Waals surface area contributed by atoms with Crippen LogP contribution in [0.2, 0.25) is 0 Å². The molecule has 0 aliphatic rings. The van der Waals surface area contributed by atoms with Crippen LogP contribution < -0.4 is 5.32 Å². The van der Waals surface area contributed by atoms with Crippen LogP contribution in [0.3, 0.4) is 0 Å². The molecule has 1 aromatic rings. The lowest BCUT2D eigenvalue weighted by Gasteiger charge is -2.30. The van der Waals surface area contributed by atoms with Crippen molar-refractivity contribution in [2.24, 2.45) is 5.92 Å². The molecule has 0 saturated carbocycles. The number of benzene rings is 1. The fourth-order valence-electron chi connectivity index (χ4n) is 2.41. The predicted molar refractivity (Wildman–Crippen MR) is 73.2 cm³/mol. The fraction of sp³-hybridized carbons (Fsp3) is 0.600. The zero-order valence-electron chi connectivity index (χ0n) is 12.0. The van der Waals surface area contributed by atoms with E-state index in [1.165, 1.54) is 6.07 Å². The Hall–Kier alpha value is -1.00. The van der Waals surface area contributed by atoms with E-state index in [-0.39, 0.29) is 12.1 Å². The van der Waals surface area contributed by atoms with Crippen LogP contribution in [-0.2, 0) is 11.2 Å². The van der Waals surface area contributed by atoms with E-state index in [1.54, 1.807) is 13.2 Å². The number of methoxy groups -OCH3 is 1. The molecule has 2 nitrogen and oxygen atoms in total. The molecule has 0 radical (unpaired) electrons. The largest absolute Gasteiger partial charge is 0.380 e. The van der Waals surface area contributed by atoms with E-state index in [2.05, 4.69) is 19.2 Å². The molecule has 1 rings (SSSR count). The summed E-state index contributed by atoms with van der Waals surface area (Å²) >= 11 is 0. The summed E-state index contributed by atoms with van der Waals surface area (Å²) in [6.07, 6.45) is 0.372. The Labute approximate surface area is 114 Å². The van der Waals surface area contributed by atoms with Crippen LogP contribution in [0, 0.1) is 17.6 Å². The maximum Gasteiger partial charge on any atom is 0.162 e. The number of rotatable bonds is 7. The molecule has 1 N–H and O–H groups in total. The minimum Gasteiger partial charge on any atom is -0.380 e. The Kier molecular flexibility index (Phi) is 6.38. The van der Waals surface area contributed by atoms with Gasteiger partial charge in [-0.25, -0.2) is 8.78 Å². The minimum absolute atomic E-state index is 0.0358. The summed E-state index contributed by atoms with van der Waals surface area (Å²) in [5, 5.41) is 3.30. The van der Waals surface area contributed by atoms with E-state index < -0.39 is 11.6 Å². The van der Waals surface area contributed by atoms with Crippen molar-refractivity contribution in [2.45, 2.75) is 39.3 Å². The molecule has 0 saturated heterocycles. The van der Waals surface area contributed by atoms with E-state index in [9.17, 15) is 8.78 Å². The SMILES string of the molecule is CCNC(Cc1cccc(F)c1F)C(OC)C(C)C. The Bertz CT molecular complexity index is 396. The molecule has 0 aromatic heterocycles. The first-order valence-corrected chi connectivity index (χ1v) is 6.70. The van der Waals surface area contributed by atoms with Gasteiger partial charge in [-0.1, -0.05) is 32.9 Å². The van der Waals surface area contributed by atoms with Crippen LogP contribution in [0.15, 0.2) is 18.2 Å². The van der Waals surface area contributed by atoms with Crippen molar-refractivity contribution in [1.82, 2.24) is 5.32 Å². The lowest BCUT2D eigenvalue weighted by atomic mass is 9.93. The third-order valence-corrected chi connectivity index (χ3v) is 3.26. The van der Waals surface area contributed by atoms with Crippen molar-refractivity contribution < 1.29 is 13.5 Å². The van der Waals surface area contributed by atoms with Gasteiger partial charge in [-0.05, 0) is 30.5 Å². The van der Waals surface area contributed by atoms with Gasteiger partial charge >= 0.3 is 0 Å². The van der Waals surface area contributed by atoms with Crippen LogP contribution in [0.1, 0.15) is 26.3 Å². The molecular formula is C15H23F2NO. The zero-order chi connectivity index (χ0) is 14.4. The molecule has 108 valence electrons. The Morgan fingerprint density at radius 3 is 2.47 bits per heavy atom. The first-order chi connectivity index (χ1) is 9.01. The summed E-state index contributed by atoms with van der Waals surface area (Å²) in [4.78, 5) is 0. The summed E-state index contributed by atoms with van der Waals surface area (Å²) in [5.41, 5.74) is 0.383. The van der Waals surface area contributed by atoms with Gasteiger partial charge in [-0.3, -0.25) is 0 Å². The van der Waals surface area contributed by atoms with Gasteiger partial charge in [0.2, 0.25) is 0 Å². The second kappa shape index (κ2) is 7.56. The van der Waals surface area contributed by atoms with Crippen molar-refractivity contribution in [3.8, 4) is 0 Å². The molecule has 2 unspecified atom stereocenters. The van der Waals surface area contributed by atoms with Crippen LogP contribution in [-0.4, -0.2) is 25.8 Å². The molecular weight excluding hydrogens is 248 g/mol. The van der Waals surface area contributed by atoms with Crippen molar-refractivity contribution >= 4 is 0 Å². The Morgan fingerprint density at radius 1 is 1.26 bits per heavy atom. The van der Waals surface area contributed by atoms with E-state index in [1.807, 2.05) is 6.92 Å². The monoisotopic (exact) mass is 271 g/mol. The van der Waals surface area contributed by atoms with Gasteiger partial charge in [0.15, 0.2) is 11.6 Å². The number of ether oxygens (including phenoxy) is 1. The number of hydrogen-bond acceptors (Lipinski definition) is 2. The average molecular weight is 271 g/mol. The molecule has 0 fully saturated rings. The predicted octanol–water partition coefficient (Wildman–Crippen LogP) is 3.16. The van der Waals surface area contributed by atoms with Crippen molar-refractivity contribution in [2.75, 3.05) is 13.7 Å². The van der Waals surface area contributed by atoms with Crippen LogP contribution in [0.4, 0.5) is 8.78 Å². The Morgan fingerprint density at radius 2 is 1.95 bits per heavy atom. The molecule has 0 aliphatic carbocycles. The van der Waals surface area contributed by atoms with E-state index in [4.69, 9.17) is 4.74 Å². The summed E-state index contributed by atoms with van der Waals surface area (Å²) < 4.78 is 32.4. The van der Waals surface area contributed by atoms with Gasteiger partial charge in [-0.15, -0.1) is 0 Å². The number of likely N-dealkylation sites (N-methyl/N-ethyl adjacent to an activating group) is 1. The topological polar surface area (TPSA) is 21.3 Å². The molecule has 4 heteroatoms. The van der Waals surface area contributed by atoms with Crippen LogP contribution in [0.5, 0.6) is 0 Å². The first kappa shape index (κ1) is 16.1. The highest BCUT2D eigenvalue weighted by Crippen LogP contribution is 2.18. The number of nitrogens with one attached hydrogen (secondary N) is 1. The van der Waals surface area contributed by atoms with E-state index in [0.717, 1.165) is 12.6 Å². The smallest absolute Gasteiger partial charge is 0.162 e. The molecule has 0 spiro atoms. The second-order valence-corrected chi connectivity index (χ2v) is 5.03. The number of halogens is 2. The average Bonchev–Trinajstić information content (AvgIpc) is 2.35. The summed E-state index contributed by atoms with van der Waals surface area (Å²) in [5.74, 6) is -1.26. The van der Waals surface area contributed by atoms with Crippen molar-refractivity contribution in [1.29, 1.82) is 0 Å². The third-order valence-electron chi connectivity index (χ3n) is 3.26. The third kappa shape index (κ3) is 4.25. The number of hydrogen-bond donors (Lipinski definition) is 1. The van der Waals surface area contributed by atoms with E-state index in [0.29, 0.717) is 17.9 Å². The first-order valence-electron chi connectivity index (χ1n) is 6.70. The van der Waals surface area contributed by atoms with Gasteiger partial charge in [0, 0.05) is 13.2 Å². The highest BCUT2D eigenvalue weighted by Gasteiger charge is 2.25. The van der Waals surface area contributed by atoms with Crippen molar-refractivity contribution in [3.05, 3.63) is 35.4 Å². The van der Waals surface area contributed by atoms with Gasteiger partial charge in [0.25, 0.3) is 0 Å². The highest BCUT2D eigenvalue weighted by molar-refractivity contribution is 5.20. The summed E-state index contributed by atoms with van der Waals surface area (Å²) in [6.45, 7) is 6.86. The quantitative estimate of drug-likeness (QED) is 0.822. The molecule has 0 aliphatic heterocycles. The molecule has 19 heavy (non-hydrogen) atoms. The lowest BCUT2D eigenvalue weighted by Crippen LogP contribution is -2.45.